The van der Waals surface area contributed by atoms with E-state index in [0.717, 1.165) is 17.2 Å². The third-order valence-corrected chi connectivity index (χ3v) is 7.98. The van der Waals surface area contributed by atoms with Crippen LogP contribution >= 0.6 is 11.6 Å². The summed E-state index contributed by atoms with van der Waals surface area (Å²) in [6.07, 6.45) is 1.47. The van der Waals surface area contributed by atoms with Crippen molar-refractivity contribution in [3.05, 3.63) is 101 Å². The molecule has 0 saturated carbocycles. The molecule has 0 saturated heterocycles. The summed E-state index contributed by atoms with van der Waals surface area (Å²) in [6, 6.07) is 23.8. The molecule has 0 radical (unpaired) electrons. The van der Waals surface area contributed by atoms with Crippen LogP contribution in [0.4, 0.5) is 0 Å². The molecule has 0 spiro atoms. The average Bonchev–Trinajstić information content (AvgIpc) is 3.35. The Morgan fingerprint density at radius 3 is 2.08 bits per heavy atom. The SMILES string of the molecule is C[Si](C)(C)CCOCn1cc(C(=O)O)c(-c2cc(Cl)c(OCc3ccccc3)cc2OCc2ccccc2)n1. The van der Waals surface area contributed by atoms with Crippen LogP contribution in [0.2, 0.25) is 30.7 Å². The Morgan fingerprint density at radius 1 is 0.923 bits per heavy atom. The number of carbonyl (C=O) groups is 1. The molecular weight excluding hydrogens is 532 g/mol. The maximum Gasteiger partial charge on any atom is 0.339 e. The van der Waals surface area contributed by atoms with E-state index in [1.54, 1.807) is 12.1 Å². The summed E-state index contributed by atoms with van der Waals surface area (Å²) in [5, 5.41) is 14.8. The van der Waals surface area contributed by atoms with Gasteiger partial charge in [-0.15, -0.1) is 0 Å². The van der Waals surface area contributed by atoms with Crippen molar-refractivity contribution in [2.24, 2.45) is 0 Å². The Hall–Kier alpha value is -3.59. The predicted octanol–water partition coefficient (Wildman–Crippen LogP) is 7.37. The topological polar surface area (TPSA) is 82.8 Å². The van der Waals surface area contributed by atoms with Crippen molar-refractivity contribution in [3.63, 3.8) is 0 Å². The zero-order chi connectivity index (χ0) is 27.8. The van der Waals surface area contributed by atoms with E-state index >= 15 is 0 Å². The maximum atomic E-state index is 12.2. The fraction of sp³-hybridized carbons (Fsp3) is 0.267. The minimum atomic E-state index is -1.25. The van der Waals surface area contributed by atoms with Gasteiger partial charge in [-0.2, -0.15) is 5.10 Å². The van der Waals surface area contributed by atoms with Crippen LogP contribution < -0.4 is 9.47 Å². The maximum absolute atomic E-state index is 12.2. The molecule has 7 nitrogen and oxygen atoms in total. The predicted molar refractivity (Wildman–Crippen MR) is 155 cm³/mol. The fourth-order valence-corrected chi connectivity index (χ4v) is 4.77. The largest absolute Gasteiger partial charge is 0.488 e. The summed E-state index contributed by atoms with van der Waals surface area (Å²) >= 11 is 6.64. The number of hydrogen-bond donors (Lipinski definition) is 1. The van der Waals surface area contributed by atoms with Crippen molar-refractivity contribution >= 4 is 25.6 Å². The Bertz CT molecular complexity index is 1390. The first kappa shape index (κ1) is 28.4. The van der Waals surface area contributed by atoms with Crippen LogP contribution in [0.1, 0.15) is 21.5 Å². The lowest BCUT2D eigenvalue weighted by Crippen LogP contribution is -2.22. The standard InChI is InChI=1S/C30H33ClN2O5Si/c1-39(2,3)15-14-36-21-33-18-25(30(34)35)29(32-33)24-16-26(31)28(38-20-23-12-8-5-9-13-23)17-27(24)37-19-22-10-6-4-7-11-22/h4-13,16-18H,14-15,19-21H2,1-3H3,(H,34,35). The van der Waals surface area contributed by atoms with Gasteiger partial charge in [-0.25, -0.2) is 9.48 Å². The van der Waals surface area contributed by atoms with Crippen molar-refractivity contribution in [3.8, 4) is 22.8 Å². The number of aromatic nitrogens is 2. The number of carboxylic acids is 1. The van der Waals surface area contributed by atoms with Crippen LogP contribution in [0.25, 0.3) is 11.3 Å². The van der Waals surface area contributed by atoms with Crippen LogP contribution in [0.3, 0.4) is 0 Å². The minimum Gasteiger partial charge on any atom is -0.488 e. The number of halogens is 1. The van der Waals surface area contributed by atoms with Crippen molar-refractivity contribution in [1.29, 1.82) is 0 Å². The normalized spacial score (nSPS) is 11.4. The molecule has 204 valence electrons. The second kappa shape index (κ2) is 13.0. The first-order valence-corrected chi connectivity index (χ1v) is 16.8. The molecule has 0 bridgehead atoms. The Kier molecular flexibility index (Phi) is 9.45. The smallest absolute Gasteiger partial charge is 0.339 e. The van der Waals surface area contributed by atoms with E-state index in [-0.39, 0.29) is 24.6 Å². The molecule has 4 rings (SSSR count). The van der Waals surface area contributed by atoms with Gasteiger partial charge >= 0.3 is 5.97 Å². The van der Waals surface area contributed by atoms with E-state index in [4.69, 9.17) is 25.8 Å². The van der Waals surface area contributed by atoms with Crippen LogP contribution in [0, 0.1) is 0 Å². The van der Waals surface area contributed by atoms with Gasteiger partial charge < -0.3 is 19.3 Å². The molecule has 1 N–H and O–H groups in total. The van der Waals surface area contributed by atoms with Gasteiger partial charge in [-0.3, -0.25) is 0 Å². The Morgan fingerprint density at radius 2 is 1.51 bits per heavy atom. The summed E-state index contributed by atoms with van der Waals surface area (Å²) in [6.45, 7) is 8.17. The van der Waals surface area contributed by atoms with Crippen LogP contribution in [0.15, 0.2) is 79.0 Å². The van der Waals surface area contributed by atoms with E-state index < -0.39 is 14.0 Å². The second-order valence-corrected chi connectivity index (χ2v) is 16.4. The fourth-order valence-electron chi connectivity index (χ4n) is 3.80. The molecule has 9 heteroatoms. The highest BCUT2D eigenvalue weighted by atomic mass is 35.5. The van der Waals surface area contributed by atoms with Crippen molar-refractivity contribution < 1.29 is 24.1 Å². The lowest BCUT2D eigenvalue weighted by Gasteiger charge is -2.16. The van der Waals surface area contributed by atoms with Gasteiger partial charge in [0.1, 0.15) is 42.7 Å². The molecule has 4 aromatic rings. The molecule has 0 fully saturated rings. The second-order valence-electron chi connectivity index (χ2n) is 10.4. The lowest BCUT2D eigenvalue weighted by molar-refractivity contribution is 0.0693. The number of benzene rings is 3. The average molecular weight is 565 g/mol. The number of hydrogen-bond acceptors (Lipinski definition) is 5. The highest BCUT2D eigenvalue weighted by Crippen LogP contribution is 2.40. The molecule has 3 aromatic carbocycles. The van der Waals surface area contributed by atoms with Gasteiger partial charge in [0.15, 0.2) is 0 Å². The van der Waals surface area contributed by atoms with Crippen molar-refractivity contribution in [1.82, 2.24) is 9.78 Å². The summed E-state index contributed by atoms with van der Waals surface area (Å²) in [4.78, 5) is 12.2. The zero-order valence-corrected chi connectivity index (χ0v) is 24.1. The van der Waals surface area contributed by atoms with Crippen LogP contribution in [0.5, 0.6) is 11.5 Å². The number of ether oxygens (including phenoxy) is 3. The molecule has 1 aromatic heterocycles. The summed E-state index contributed by atoms with van der Waals surface area (Å²) in [7, 11) is -1.25. The van der Waals surface area contributed by atoms with Crippen LogP contribution in [-0.2, 0) is 24.7 Å². The molecule has 0 aliphatic heterocycles. The molecule has 0 amide bonds. The molecule has 39 heavy (non-hydrogen) atoms. The van der Waals surface area contributed by atoms with Crippen molar-refractivity contribution in [2.75, 3.05) is 6.61 Å². The lowest BCUT2D eigenvalue weighted by atomic mass is 10.1. The Labute approximate surface area is 234 Å². The number of carboxylic acid groups (broad SMARTS) is 1. The van der Waals surface area contributed by atoms with Gasteiger partial charge in [0.2, 0.25) is 0 Å². The van der Waals surface area contributed by atoms with Gasteiger partial charge in [0.05, 0.1) is 5.02 Å². The van der Waals surface area contributed by atoms with E-state index in [9.17, 15) is 9.90 Å². The molecule has 0 atom stereocenters. The summed E-state index contributed by atoms with van der Waals surface area (Å²) in [5.74, 6) is -0.259. The quantitative estimate of drug-likeness (QED) is 0.135. The van der Waals surface area contributed by atoms with Gasteiger partial charge in [0, 0.05) is 32.5 Å². The van der Waals surface area contributed by atoms with Crippen molar-refractivity contribution in [2.45, 2.75) is 45.6 Å². The zero-order valence-electron chi connectivity index (χ0n) is 22.4. The highest BCUT2D eigenvalue weighted by Gasteiger charge is 2.23. The molecule has 0 aliphatic carbocycles. The summed E-state index contributed by atoms with van der Waals surface area (Å²) < 4.78 is 19.5. The first-order chi connectivity index (χ1) is 18.7. The third-order valence-electron chi connectivity index (χ3n) is 5.98. The van der Waals surface area contributed by atoms with Gasteiger partial charge in [-0.05, 0) is 23.2 Å². The van der Waals surface area contributed by atoms with Gasteiger partial charge in [0.25, 0.3) is 0 Å². The molecule has 0 aliphatic rings. The van der Waals surface area contributed by atoms with E-state index in [0.29, 0.717) is 35.3 Å². The summed E-state index contributed by atoms with van der Waals surface area (Å²) in [5.41, 5.74) is 2.69. The molecule has 1 heterocycles. The van der Waals surface area contributed by atoms with E-state index in [1.165, 1.54) is 10.9 Å². The monoisotopic (exact) mass is 564 g/mol. The molecule has 0 unspecified atom stereocenters. The van der Waals surface area contributed by atoms with E-state index in [1.807, 2.05) is 60.7 Å². The van der Waals surface area contributed by atoms with Gasteiger partial charge in [-0.1, -0.05) is 91.9 Å². The van der Waals surface area contributed by atoms with E-state index in [2.05, 4.69) is 24.7 Å². The molecular formula is C30H33ClN2O5Si. The van der Waals surface area contributed by atoms with Crippen LogP contribution in [-0.4, -0.2) is 35.5 Å². The number of nitrogens with zero attached hydrogens (tertiary/aromatic N) is 2. The third kappa shape index (κ3) is 8.19. The minimum absolute atomic E-state index is 0.0300. The number of rotatable bonds is 13. The first-order valence-electron chi connectivity index (χ1n) is 12.8. The number of aromatic carboxylic acids is 1. The Balaban J connectivity index is 1.64. The highest BCUT2D eigenvalue weighted by molar-refractivity contribution is 6.76.